The molecule has 8 heteroatoms. The van der Waals surface area contributed by atoms with E-state index in [-0.39, 0.29) is 16.9 Å². The first-order valence-electron chi connectivity index (χ1n) is 12.8. The van der Waals surface area contributed by atoms with Crippen LogP contribution in [0, 0.1) is 19.8 Å². The molecule has 2 N–H and O–H groups in total. The van der Waals surface area contributed by atoms with Crippen LogP contribution in [0.4, 0.5) is 5.95 Å². The van der Waals surface area contributed by atoms with Gasteiger partial charge < -0.3 is 10.1 Å². The Hall–Kier alpha value is -2.97. The van der Waals surface area contributed by atoms with E-state index in [1.807, 2.05) is 44.2 Å². The summed E-state index contributed by atoms with van der Waals surface area (Å²) in [5, 5.41) is 3.63. The first-order chi connectivity index (χ1) is 17.4. The zero-order valence-electron chi connectivity index (χ0n) is 21.0. The van der Waals surface area contributed by atoms with Gasteiger partial charge in [-0.3, -0.25) is 0 Å². The smallest absolute Gasteiger partial charge is 0.264 e. The van der Waals surface area contributed by atoms with Crippen molar-refractivity contribution in [3.05, 3.63) is 65.2 Å². The number of nitrogens with one attached hydrogen (secondary N) is 2. The Balaban J connectivity index is 1.54. The third-order valence-corrected chi connectivity index (χ3v) is 8.57. The Kier molecular flexibility index (Phi) is 7.25. The Morgan fingerprint density at radius 1 is 0.972 bits per heavy atom. The van der Waals surface area contributed by atoms with Crippen molar-refractivity contribution >= 4 is 16.0 Å². The molecule has 1 aromatic heterocycles. The molecule has 0 radical (unpaired) electrons. The topological polar surface area (TPSA) is 93.2 Å². The number of nitrogens with zero attached hydrogens (tertiary/aromatic N) is 2. The fourth-order valence-corrected chi connectivity index (χ4v) is 6.39. The molecule has 2 aromatic carbocycles. The fourth-order valence-electron chi connectivity index (χ4n) is 5.38. The molecule has 4 bridgehead atoms. The Morgan fingerprint density at radius 3 is 2.50 bits per heavy atom. The van der Waals surface area contributed by atoms with Crippen LogP contribution in [-0.2, 0) is 16.6 Å². The first-order valence-corrected chi connectivity index (χ1v) is 14.3. The summed E-state index contributed by atoms with van der Waals surface area (Å²) >= 11 is 0. The third-order valence-electron chi connectivity index (χ3n) is 7.24. The molecule has 36 heavy (non-hydrogen) atoms. The summed E-state index contributed by atoms with van der Waals surface area (Å²) in [6, 6.07) is 15.0. The molecule has 0 spiro atoms. The van der Waals surface area contributed by atoms with Gasteiger partial charge in [-0.15, -0.1) is 0 Å². The van der Waals surface area contributed by atoms with Crippen molar-refractivity contribution in [3.63, 3.8) is 0 Å². The molecule has 1 atom stereocenters. The van der Waals surface area contributed by atoms with Crippen LogP contribution >= 0.6 is 0 Å². The second-order valence-corrected chi connectivity index (χ2v) is 11.7. The summed E-state index contributed by atoms with van der Waals surface area (Å²) in [4.78, 5) is 9.23. The maximum absolute atomic E-state index is 13.2. The Morgan fingerprint density at radius 2 is 1.72 bits per heavy atom. The molecule has 0 unspecified atom stereocenters. The minimum atomic E-state index is -3.87. The number of ether oxygens (including phenoxy) is 1. The number of benzene rings is 2. The largest absolute Gasteiger partial charge is 0.476 e. The average Bonchev–Trinajstić information content (AvgIpc) is 2.86. The Bertz CT molecular complexity index is 1320. The van der Waals surface area contributed by atoms with Crippen molar-refractivity contribution in [2.24, 2.45) is 5.92 Å². The van der Waals surface area contributed by atoms with Gasteiger partial charge in [0.15, 0.2) is 0 Å². The quantitative estimate of drug-likeness (QED) is 0.495. The molecular weight excluding hydrogens is 472 g/mol. The predicted molar refractivity (Wildman–Crippen MR) is 142 cm³/mol. The summed E-state index contributed by atoms with van der Waals surface area (Å²) in [5.41, 5.74) is 4.60. The zero-order valence-corrected chi connectivity index (χ0v) is 21.8. The summed E-state index contributed by atoms with van der Waals surface area (Å²) in [5.74, 6) is 1.04. The highest BCUT2D eigenvalue weighted by atomic mass is 32.2. The van der Waals surface area contributed by atoms with Gasteiger partial charge in [0, 0.05) is 24.2 Å². The van der Waals surface area contributed by atoms with E-state index < -0.39 is 10.0 Å². The summed E-state index contributed by atoms with van der Waals surface area (Å²) in [7, 11) is -3.87. The normalized spacial score (nSPS) is 20.2. The predicted octanol–water partition coefficient (Wildman–Crippen LogP) is 5.38. The minimum absolute atomic E-state index is 0.00610. The van der Waals surface area contributed by atoms with Crippen LogP contribution < -0.4 is 14.8 Å². The number of anilines is 1. The summed E-state index contributed by atoms with van der Waals surface area (Å²) < 4.78 is 35.3. The van der Waals surface area contributed by atoms with Crippen LogP contribution in [0.3, 0.4) is 0 Å². The molecule has 1 aliphatic heterocycles. The molecule has 0 amide bonds. The number of hydrogen-bond donors (Lipinski definition) is 2. The number of aromatic nitrogens is 2. The minimum Gasteiger partial charge on any atom is -0.476 e. The molecule has 3 aromatic rings. The zero-order chi connectivity index (χ0) is 25.1. The van der Waals surface area contributed by atoms with Gasteiger partial charge >= 0.3 is 0 Å². The van der Waals surface area contributed by atoms with Crippen molar-refractivity contribution in [2.45, 2.75) is 69.9 Å². The van der Waals surface area contributed by atoms with Crippen molar-refractivity contribution < 1.29 is 13.2 Å². The van der Waals surface area contributed by atoms with Gasteiger partial charge in [-0.1, -0.05) is 62.4 Å². The van der Waals surface area contributed by atoms with E-state index in [9.17, 15) is 8.42 Å². The van der Waals surface area contributed by atoms with Crippen LogP contribution in [0.1, 0.15) is 55.2 Å². The molecule has 0 saturated heterocycles. The van der Waals surface area contributed by atoms with Crippen LogP contribution in [0.15, 0.2) is 53.4 Å². The molecule has 1 saturated carbocycles. The lowest BCUT2D eigenvalue weighted by Gasteiger charge is -2.27. The van der Waals surface area contributed by atoms with Crippen molar-refractivity contribution in [3.8, 4) is 17.1 Å². The van der Waals surface area contributed by atoms with E-state index in [1.165, 1.54) is 32.1 Å². The standard InChI is InChI=1S/C28H34N4O3S/c1-19-8-6-9-20(2)27(19)25-16-26-31-28(30-25)32-36(33,34)24-13-7-12-22(15-24)17-29-23(18-35-26)14-21-10-4-3-5-11-21/h6-9,12-13,15-16,21,23,29H,3-5,10-11,14,17-18H2,1-2H3,(H,30,31,32)/t23-/m1/s1. The highest BCUT2D eigenvalue weighted by molar-refractivity contribution is 7.92. The first kappa shape index (κ1) is 24.7. The van der Waals surface area contributed by atoms with Crippen LogP contribution in [0.25, 0.3) is 11.3 Å². The number of aryl methyl sites for hydroxylation is 2. The molecular formula is C28H34N4O3S. The SMILES string of the molecule is Cc1cccc(C)c1-c1cc2nc(n1)NS(=O)(=O)c1cccc(c1)CN[C@H](CC1CCCCC1)CO2. The maximum atomic E-state index is 13.2. The van der Waals surface area contributed by atoms with Gasteiger partial charge in [0.25, 0.3) is 10.0 Å². The van der Waals surface area contributed by atoms with Crippen molar-refractivity contribution in [1.82, 2.24) is 15.3 Å². The van der Waals surface area contributed by atoms with Gasteiger partial charge in [-0.2, -0.15) is 4.98 Å². The second-order valence-electron chi connectivity index (χ2n) is 10.1. The number of sulfonamides is 1. The molecule has 190 valence electrons. The van der Waals surface area contributed by atoms with Gasteiger partial charge in [-0.25, -0.2) is 18.1 Å². The number of fused-ring (bicyclic) bond motifs is 4. The monoisotopic (exact) mass is 506 g/mol. The van der Waals surface area contributed by atoms with Crippen LogP contribution in [0.5, 0.6) is 5.88 Å². The summed E-state index contributed by atoms with van der Waals surface area (Å²) in [6.07, 6.45) is 7.44. The van der Waals surface area contributed by atoms with Gasteiger partial charge in [0.2, 0.25) is 11.8 Å². The van der Waals surface area contributed by atoms with Gasteiger partial charge in [-0.05, 0) is 55.0 Å². The third kappa shape index (κ3) is 5.71. The van der Waals surface area contributed by atoms with E-state index in [0.717, 1.165) is 28.7 Å². The van der Waals surface area contributed by atoms with E-state index in [0.29, 0.717) is 30.6 Å². The molecule has 1 fully saturated rings. The lowest BCUT2D eigenvalue weighted by Crippen LogP contribution is -2.36. The molecule has 7 nitrogen and oxygen atoms in total. The lowest BCUT2D eigenvalue weighted by atomic mass is 9.85. The van der Waals surface area contributed by atoms with Crippen molar-refractivity contribution in [1.29, 1.82) is 0 Å². The molecule has 2 aliphatic rings. The highest BCUT2D eigenvalue weighted by Crippen LogP contribution is 2.31. The molecule has 2 heterocycles. The maximum Gasteiger partial charge on any atom is 0.264 e. The van der Waals surface area contributed by atoms with Crippen LogP contribution in [-0.4, -0.2) is 31.0 Å². The average molecular weight is 507 g/mol. The van der Waals surface area contributed by atoms with Crippen molar-refractivity contribution in [2.75, 3.05) is 11.3 Å². The van der Waals surface area contributed by atoms with E-state index in [1.54, 1.807) is 18.2 Å². The molecule has 1 aliphatic carbocycles. The Labute approximate surface area is 213 Å². The highest BCUT2D eigenvalue weighted by Gasteiger charge is 2.23. The lowest BCUT2D eigenvalue weighted by molar-refractivity contribution is 0.213. The fraction of sp³-hybridized carbons (Fsp3) is 0.429. The van der Waals surface area contributed by atoms with E-state index in [2.05, 4.69) is 20.0 Å². The van der Waals surface area contributed by atoms with E-state index in [4.69, 9.17) is 4.74 Å². The summed E-state index contributed by atoms with van der Waals surface area (Å²) in [6.45, 7) is 5.06. The van der Waals surface area contributed by atoms with Crippen LogP contribution in [0.2, 0.25) is 0 Å². The number of hydrogen-bond acceptors (Lipinski definition) is 6. The second kappa shape index (κ2) is 10.6. The molecule has 5 rings (SSSR count). The number of rotatable bonds is 3. The van der Waals surface area contributed by atoms with Gasteiger partial charge in [0.1, 0.15) is 6.61 Å². The van der Waals surface area contributed by atoms with E-state index >= 15 is 0 Å². The van der Waals surface area contributed by atoms with Gasteiger partial charge in [0.05, 0.1) is 10.6 Å².